The standard InChI is InChI=1S/C22H16Cl2N4O4S2/c23-13-5-9-15(10-6-13)31-21(29)27-19(33)25-17-3-1-2-4-18(17)26-20(34)28-22(30)32-16-11-7-14(24)8-12-16/h1-12H,(H2,25,27,29,33)(H2,26,28,30,34). The third-order valence-corrected chi connectivity index (χ3v) is 4.82. The molecule has 2 amide bonds. The number of ether oxygens (including phenoxy) is 2. The Bertz CT molecular complexity index is 1110. The molecule has 174 valence electrons. The van der Waals surface area contributed by atoms with Gasteiger partial charge in [0.2, 0.25) is 0 Å². The van der Waals surface area contributed by atoms with Crippen molar-refractivity contribution in [2.45, 2.75) is 0 Å². The summed E-state index contributed by atoms with van der Waals surface area (Å²) in [5.74, 6) is 0.599. The second-order valence-corrected chi connectivity index (χ2v) is 8.08. The van der Waals surface area contributed by atoms with E-state index in [4.69, 9.17) is 57.1 Å². The van der Waals surface area contributed by atoms with Crippen LogP contribution in [0, 0.1) is 0 Å². The minimum Gasteiger partial charge on any atom is -0.410 e. The van der Waals surface area contributed by atoms with Gasteiger partial charge in [0.15, 0.2) is 10.2 Å². The summed E-state index contributed by atoms with van der Waals surface area (Å²) in [6.45, 7) is 0. The highest BCUT2D eigenvalue weighted by molar-refractivity contribution is 7.80. The monoisotopic (exact) mass is 534 g/mol. The maximum absolute atomic E-state index is 12.1. The lowest BCUT2D eigenvalue weighted by Crippen LogP contribution is -2.37. The van der Waals surface area contributed by atoms with Crippen LogP contribution in [0.5, 0.6) is 11.5 Å². The first kappa shape index (κ1) is 25.2. The van der Waals surface area contributed by atoms with Gasteiger partial charge in [0.25, 0.3) is 0 Å². The minimum atomic E-state index is -0.785. The molecule has 3 aromatic carbocycles. The van der Waals surface area contributed by atoms with E-state index in [2.05, 4.69) is 21.3 Å². The van der Waals surface area contributed by atoms with E-state index in [1.54, 1.807) is 72.8 Å². The molecule has 0 bridgehead atoms. The largest absolute Gasteiger partial charge is 0.418 e. The summed E-state index contributed by atoms with van der Waals surface area (Å²) in [7, 11) is 0. The Balaban J connectivity index is 1.52. The highest BCUT2D eigenvalue weighted by Crippen LogP contribution is 2.21. The molecule has 8 nitrogen and oxygen atoms in total. The first-order chi connectivity index (χ1) is 16.3. The van der Waals surface area contributed by atoms with Gasteiger partial charge in [-0.05, 0) is 85.1 Å². The van der Waals surface area contributed by atoms with Crippen LogP contribution in [0.3, 0.4) is 0 Å². The van der Waals surface area contributed by atoms with E-state index >= 15 is 0 Å². The van der Waals surface area contributed by atoms with Gasteiger partial charge in [-0.3, -0.25) is 10.6 Å². The molecule has 0 aliphatic heterocycles. The Morgan fingerprint density at radius 3 is 1.32 bits per heavy atom. The third kappa shape index (κ3) is 8.16. The van der Waals surface area contributed by atoms with Crippen molar-refractivity contribution in [2.75, 3.05) is 10.6 Å². The minimum absolute atomic E-state index is 0.0192. The molecule has 3 aromatic rings. The van der Waals surface area contributed by atoms with E-state index in [1.165, 1.54) is 0 Å². The molecule has 0 unspecified atom stereocenters. The summed E-state index contributed by atoms with van der Waals surface area (Å²) in [5, 5.41) is 11.5. The molecule has 0 aliphatic carbocycles. The zero-order chi connectivity index (χ0) is 24.5. The molecule has 34 heavy (non-hydrogen) atoms. The lowest BCUT2D eigenvalue weighted by molar-refractivity contribution is 0.205. The second kappa shape index (κ2) is 12.1. The highest BCUT2D eigenvalue weighted by Gasteiger charge is 2.12. The maximum atomic E-state index is 12.1. The average Bonchev–Trinajstić information content (AvgIpc) is 2.78. The van der Waals surface area contributed by atoms with Crippen molar-refractivity contribution in [3.8, 4) is 11.5 Å². The smallest absolute Gasteiger partial charge is 0.410 e. The van der Waals surface area contributed by atoms with Gasteiger partial charge < -0.3 is 20.1 Å². The van der Waals surface area contributed by atoms with E-state index in [9.17, 15) is 9.59 Å². The van der Waals surface area contributed by atoms with Crippen molar-refractivity contribution in [2.24, 2.45) is 0 Å². The van der Waals surface area contributed by atoms with E-state index in [-0.39, 0.29) is 10.2 Å². The van der Waals surface area contributed by atoms with Gasteiger partial charge in [0.05, 0.1) is 11.4 Å². The lowest BCUT2D eigenvalue weighted by Gasteiger charge is -2.15. The number of nitrogens with one attached hydrogen (secondary N) is 4. The van der Waals surface area contributed by atoms with Crippen molar-refractivity contribution >= 4 is 81.4 Å². The number of hydrogen-bond acceptors (Lipinski definition) is 6. The predicted molar refractivity (Wildman–Crippen MR) is 140 cm³/mol. The van der Waals surface area contributed by atoms with Gasteiger partial charge in [-0.2, -0.15) is 0 Å². The van der Waals surface area contributed by atoms with Gasteiger partial charge in [-0.15, -0.1) is 0 Å². The summed E-state index contributed by atoms with van der Waals surface area (Å²) in [4.78, 5) is 24.1. The van der Waals surface area contributed by atoms with Crippen molar-refractivity contribution in [1.29, 1.82) is 0 Å². The predicted octanol–water partition coefficient (Wildman–Crippen LogP) is 5.96. The zero-order valence-electron chi connectivity index (χ0n) is 17.1. The molecular weight excluding hydrogens is 519 g/mol. The van der Waals surface area contributed by atoms with Crippen LogP contribution in [-0.4, -0.2) is 22.4 Å². The third-order valence-electron chi connectivity index (χ3n) is 3.90. The fourth-order valence-electron chi connectivity index (χ4n) is 2.46. The number of carbonyl (C=O) groups excluding carboxylic acids is 2. The van der Waals surface area contributed by atoms with Gasteiger partial charge in [0.1, 0.15) is 11.5 Å². The molecule has 0 atom stereocenters. The first-order valence-corrected chi connectivity index (χ1v) is 11.1. The molecule has 0 spiro atoms. The Morgan fingerprint density at radius 2 is 0.971 bits per heavy atom. The SMILES string of the molecule is O=C(NC(=S)Nc1ccccc1NC(=S)NC(=O)Oc1ccc(Cl)cc1)Oc1ccc(Cl)cc1. The Hall–Kier alpha value is -3.44. The quantitative estimate of drug-likeness (QED) is 0.304. The van der Waals surface area contributed by atoms with Gasteiger partial charge >= 0.3 is 12.2 Å². The van der Waals surface area contributed by atoms with Crippen LogP contribution in [-0.2, 0) is 0 Å². The summed E-state index contributed by atoms with van der Waals surface area (Å²) < 4.78 is 10.3. The van der Waals surface area contributed by atoms with Crippen LogP contribution in [0.2, 0.25) is 10.0 Å². The number of halogens is 2. The van der Waals surface area contributed by atoms with E-state index in [1.807, 2.05) is 0 Å². The van der Waals surface area contributed by atoms with Gasteiger partial charge in [0, 0.05) is 10.0 Å². The molecule has 4 N–H and O–H groups in total. The normalized spacial score (nSPS) is 9.94. The van der Waals surface area contributed by atoms with E-state index < -0.39 is 12.2 Å². The van der Waals surface area contributed by atoms with Crippen molar-refractivity contribution in [3.05, 3.63) is 82.8 Å². The number of benzene rings is 3. The molecule has 0 aromatic heterocycles. The van der Waals surface area contributed by atoms with Crippen molar-refractivity contribution < 1.29 is 19.1 Å². The number of rotatable bonds is 4. The van der Waals surface area contributed by atoms with E-state index in [0.29, 0.717) is 32.9 Å². The number of hydrogen-bond donors (Lipinski definition) is 4. The first-order valence-electron chi connectivity index (χ1n) is 9.48. The number of thiocarbonyl (C=S) groups is 2. The average molecular weight is 535 g/mol. The lowest BCUT2D eigenvalue weighted by atomic mass is 10.2. The molecule has 0 saturated heterocycles. The van der Waals surface area contributed by atoms with Gasteiger partial charge in [-0.25, -0.2) is 9.59 Å². The summed E-state index contributed by atoms with van der Waals surface area (Å²) in [6.07, 6.45) is -1.57. The Labute approximate surface area is 215 Å². The zero-order valence-corrected chi connectivity index (χ0v) is 20.3. The topological polar surface area (TPSA) is 101 Å². The van der Waals surface area contributed by atoms with Crippen LogP contribution in [0.15, 0.2) is 72.8 Å². The fourth-order valence-corrected chi connectivity index (χ4v) is 3.10. The number of carbonyl (C=O) groups is 2. The molecule has 12 heteroatoms. The van der Waals surface area contributed by atoms with Crippen LogP contribution >= 0.6 is 47.6 Å². The molecular formula is C22H16Cl2N4O4S2. The second-order valence-electron chi connectivity index (χ2n) is 6.39. The van der Waals surface area contributed by atoms with Crippen LogP contribution in [0.1, 0.15) is 0 Å². The molecule has 3 rings (SSSR count). The molecule has 0 radical (unpaired) electrons. The van der Waals surface area contributed by atoms with Crippen LogP contribution < -0.4 is 30.7 Å². The van der Waals surface area contributed by atoms with Crippen molar-refractivity contribution in [3.63, 3.8) is 0 Å². The van der Waals surface area contributed by atoms with Crippen LogP contribution in [0.25, 0.3) is 0 Å². The Kier molecular flexibility index (Phi) is 9.00. The van der Waals surface area contributed by atoms with E-state index in [0.717, 1.165) is 0 Å². The highest BCUT2D eigenvalue weighted by atomic mass is 35.5. The molecule has 0 heterocycles. The summed E-state index contributed by atoms with van der Waals surface area (Å²) in [6, 6.07) is 19.4. The number of anilines is 2. The van der Waals surface area contributed by atoms with Crippen molar-refractivity contribution in [1.82, 2.24) is 10.6 Å². The molecule has 0 aliphatic rings. The Morgan fingerprint density at radius 1 is 0.618 bits per heavy atom. The summed E-state index contributed by atoms with van der Waals surface area (Å²) >= 11 is 22.0. The van der Waals surface area contributed by atoms with Gasteiger partial charge in [-0.1, -0.05) is 35.3 Å². The fraction of sp³-hybridized carbons (Fsp3) is 0. The number of amides is 2. The van der Waals surface area contributed by atoms with Crippen LogP contribution in [0.4, 0.5) is 21.0 Å². The number of para-hydroxylation sites is 2. The molecule has 0 fully saturated rings. The maximum Gasteiger partial charge on any atom is 0.418 e. The summed E-state index contributed by atoms with van der Waals surface area (Å²) in [5.41, 5.74) is 0.962. The molecule has 0 saturated carbocycles.